The van der Waals surface area contributed by atoms with E-state index in [0.29, 0.717) is 12.1 Å². The molecule has 0 atom stereocenters. The van der Waals surface area contributed by atoms with Gasteiger partial charge in [0.25, 0.3) is 0 Å². The third-order valence-corrected chi connectivity index (χ3v) is 4.52. The van der Waals surface area contributed by atoms with Gasteiger partial charge in [-0.25, -0.2) is 0 Å². The average molecular weight is 326 g/mol. The molecule has 1 amide bonds. The number of thiophene rings is 1. The Kier molecular flexibility index (Phi) is 4.57. The first-order chi connectivity index (χ1) is 11.2. The lowest BCUT2D eigenvalue weighted by Gasteiger charge is -2.09. The lowest BCUT2D eigenvalue weighted by molar-refractivity contribution is -0.115. The number of pyridine rings is 1. The summed E-state index contributed by atoms with van der Waals surface area (Å²) in [5.41, 5.74) is 2.39. The molecule has 0 aliphatic carbocycles. The second-order valence-electron chi connectivity index (χ2n) is 5.47. The molecular formula is C18H18N2O2S. The molecular weight excluding hydrogens is 308 g/mol. The van der Waals surface area contributed by atoms with E-state index in [1.807, 2.05) is 35.7 Å². The molecule has 0 radical (unpaired) electrons. The highest BCUT2D eigenvalue weighted by molar-refractivity contribution is 7.10. The van der Waals surface area contributed by atoms with E-state index in [9.17, 15) is 9.59 Å². The fraction of sp³-hybridized carbons (Fsp3) is 0.222. The van der Waals surface area contributed by atoms with E-state index in [4.69, 9.17) is 0 Å². The number of carbonyl (C=O) groups is 1. The summed E-state index contributed by atoms with van der Waals surface area (Å²) in [5, 5.41) is 5.88. The molecule has 23 heavy (non-hydrogen) atoms. The summed E-state index contributed by atoms with van der Waals surface area (Å²) >= 11 is 1.57. The number of fused-ring (bicyclic) bond motifs is 1. The summed E-state index contributed by atoms with van der Waals surface area (Å²) in [7, 11) is 0. The highest BCUT2D eigenvalue weighted by Gasteiger charge is 2.07. The zero-order valence-electron chi connectivity index (χ0n) is 12.9. The van der Waals surface area contributed by atoms with Gasteiger partial charge in [0.2, 0.25) is 11.5 Å². The second-order valence-corrected chi connectivity index (χ2v) is 6.51. The summed E-state index contributed by atoms with van der Waals surface area (Å²) in [6.07, 6.45) is 2.21. The highest BCUT2D eigenvalue weighted by Crippen LogP contribution is 2.21. The molecule has 0 spiro atoms. The Bertz CT molecular complexity index is 882. The van der Waals surface area contributed by atoms with Gasteiger partial charge in [0.05, 0.1) is 11.9 Å². The van der Waals surface area contributed by atoms with E-state index in [1.165, 1.54) is 0 Å². The zero-order valence-corrected chi connectivity index (χ0v) is 13.7. The molecule has 4 nitrogen and oxygen atoms in total. The number of aromatic nitrogens is 1. The molecule has 1 aromatic carbocycles. The maximum absolute atomic E-state index is 12.1. The first-order valence-electron chi connectivity index (χ1n) is 7.64. The van der Waals surface area contributed by atoms with Gasteiger partial charge in [0, 0.05) is 22.0 Å². The van der Waals surface area contributed by atoms with Gasteiger partial charge >= 0.3 is 0 Å². The van der Waals surface area contributed by atoms with Gasteiger partial charge in [-0.2, -0.15) is 0 Å². The van der Waals surface area contributed by atoms with Gasteiger partial charge in [0.1, 0.15) is 0 Å². The van der Waals surface area contributed by atoms with Crippen LogP contribution in [-0.4, -0.2) is 10.9 Å². The van der Waals surface area contributed by atoms with Crippen LogP contribution in [0.1, 0.15) is 23.8 Å². The van der Waals surface area contributed by atoms with Gasteiger partial charge in [-0.15, -0.1) is 11.3 Å². The van der Waals surface area contributed by atoms with Gasteiger partial charge in [0.15, 0.2) is 0 Å². The Balaban J connectivity index is 1.85. The van der Waals surface area contributed by atoms with Crippen LogP contribution in [0.4, 0.5) is 5.69 Å². The molecule has 2 aromatic heterocycles. The van der Waals surface area contributed by atoms with E-state index in [-0.39, 0.29) is 11.5 Å². The van der Waals surface area contributed by atoms with Crippen molar-refractivity contribution in [3.63, 3.8) is 0 Å². The van der Waals surface area contributed by atoms with Crippen LogP contribution in [0.5, 0.6) is 0 Å². The van der Waals surface area contributed by atoms with Crippen LogP contribution in [0.2, 0.25) is 0 Å². The number of hydrogen-bond donors (Lipinski definition) is 2. The van der Waals surface area contributed by atoms with E-state index in [2.05, 4.69) is 17.2 Å². The van der Waals surface area contributed by atoms with E-state index in [1.54, 1.807) is 17.4 Å². The molecule has 3 rings (SSSR count). The van der Waals surface area contributed by atoms with Crippen LogP contribution in [0, 0.1) is 0 Å². The average Bonchev–Trinajstić information content (AvgIpc) is 2.99. The van der Waals surface area contributed by atoms with Gasteiger partial charge in [-0.05, 0) is 35.6 Å². The molecule has 2 heterocycles. The Morgan fingerprint density at radius 3 is 2.87 bits per heavy atom. The van der Waals surface area contributed by atoms with Crippen molar-refractivity contribution in [2.45, 2.75) is 26.2 Å². The summed E-state index contributed by atoms with van der Waals surface area (Å²) in [5.74, 6) is -0.0566. The summed E-state index contributed by atoms with van der Waals surface area (Å²) in [6, 6.07) is 11.2. The van der Waals surface area contributed by atoms with E-state index < -0.39 is 0 Å². The molecule has 0 unspecified atom stereocenters. The maximum Gasteiger partial charge on any atom is 0.248 e. The van der Waals surface area contributed by atoms with Crippen LogP contribution in [0.25, 0.3) is 10.9 Å². The number of H-pyrrole nitrogens is 1. The topological polar surface area (TPSA) is 62.0 Å². The quantitative estimate of drug-likeness (QED) is 0.750. The Labute approximate surface area is 138 Å². The van der Waals surface area contributed by atoms with Crippen LogP contribution in [0.3, 0.4) is 0 Å². The lowest BCUT2D eigenvalue weighted by atomic mass is 10.0. The predicted octanol–water partition coefficient (Wildman–Crippen LogP) is 3.72. The Morgan fingerprint density at radius 1 is 1.26 bits per heavy atom. The van der Waals surface area contributed by atoms with E-state index >= 15 is 0 Å². The lowest BCUT2D eigenvalue weighted by Crippen LogP contribution is -2.14. The second kappa shape index (κ2) is 6.79. The molecule has 2 N–H and O–H groups in total. The maximum atomic E-state index is 12.1. The van der Waals surface area contributed by atoms with Crippen molar-refractivity contribution in [2.75, 3.05) is 5.32 Å². The number of rotatable bonds is 5. The highest BCUT2D eigenvalue weighted by atomic mass is 32.1. The molecule has 0 bridgehead atoms. The molecule has 0 fully saturated rings. The summed E-state index contributed by atoms with van der Waals surface area (Å²) < 4.78 is 0. The Morgan fingerprint density at radius 2 is 2.13 bits per heavy atom. The summed E-state index contributed by atoms with van der Waals surface area (Å²) in [6.45, 7) is 2.09. The van der Waals surface area contributed by atoms with Crippen LogP contribution in [0.15, 0.2) is 46.6 Å². The van der Waals surface area contributed by atoms with Crippen molar-refractivity contribution in [1.82, 2.24) is 4.98 Å². The normalized spacial score (nSPS) is 10.8. The van der Waals surface area contributed by atoms with Crippen LogP contribution in [-0.2, 0) is 17.6 Å². The number of hydrogen-bond acceptors (Lipinski definition) is 3. The Hall–Kier alpha value is -2.40. The van der Waals surface area contributed by atoms with Crippen molar-refractivity contribution < 1.29 is 4.79 Å². The predicted molar refractivity (Wildman–Crippen MR) is 95.2 cm³/mol. The number of amides is 1. The zero-order chi connectivity index (χ0) is 16.2. The van der Waals surface area contributed by atoms with Crippen LogP contribution >= 0.6 is 11.3 Å². The third-order valence-electron chi connectivity index (χ3n) is 3.65. The van der Waals surface area contributed by atoms with Gasteiger partial charge in [-0.3, -0.25) is 9.59 Å². The van der Waals surface area contributed by atoms with Crippen molar-refractivity contribution in [1.29, 1.82) is 0 Å². The molecule has 0 saturated heterocycles. The molecule has 118 valence electrons. The number of carbonyl (C=O) groups excluding carboxylic acids is 1. The minimum Gasteiger partial charge on any atom is -0.326 e. The number of aryl methyl sites for hydroxylation is 1. The first-order valence-corrected chi connectivity index (χ1v) is 8.52. The van der Waals surface area contributed by atoms with Crippen LogP contribution < -0.4 is 10.9 Å². The molecule has 5 heteroatoms. The van der Waals surface area contributed by atoms with Crippen molar-refractivity contribution in [3.8, 4) is 0 Å². The smallest absolute Gasteiger partial charge is 0.248 e. The van der Waals surface area contributed by atoms with Crippen molar-refractivity contribution >= 4 is 33.8 Å². The van der Waals surface area contributed by atoms with Gasteiger partial charge < -0.3 is 10.3 Å². The third kappa shape index (κ3) is 3.68. The molecule has 0 aliphatic heterocycles. The largest absolute Gasteiger partial charge is 0.326 e. The fourth-order valence-electron chi connectivity index (χ4n) is 2.66. The molecule has 3 aromatic rings. The first kappa shape index (κ1) is 15.5. The minimum absolute atomic E-state index is 0.0566. The number of benzene rings is 1. The van der Waals surface area contributed by atoms with Gasteiger partial charge in [-0.1, -0.05) is 25.5 Å². The minimum atomic E-state index is -0.108. The number of nitrogens with one attached hydrogen (secondary N) is 2. The fourth-order valence-corrected chi connectivity index (χ4v) is 3.37. The number of anilines is 1. The monoisotopic (exact) mass is 326 g/mol. The molecule has 0 aliphatic rings. The number of aromatic amines is 1. The molecule has 0 saturated carbocycles. The van der Waals surface area contributed by atoms with Crippen molar-refractivity contribution in [2.24, 2.45) is 0 Å². The standard InChI is InChI=1S/C18H18N2O2S/c1-2-4-12-9-17(21)20-16-10-13(6-7-15(12)16)19-18(22)11-14-5-3-8-23-14/h3,5-10H,2,4,11H2,1H3,(H,19,22)(H,20,21). The summed E-state index contributed by atoms with van der Waals surface area (Å²) in [4.78, 5) is 27.7. The van der Waals surface area contributed by atoms with Crippen molar-refractivity contribution in [3.05, 3.63) is 62.6 Å². The SMILES string of the molecule is CCCc1cc(=O)[nH]c2cc(NC(=O)Cc3cccs3)ccc12. The van der Waals surface area contributed by atoms with E-state index in [0.717, 1.165) is 34.2 Å².